The van der Waals surface area contributed by atoms with E-state index in [-0.39, 0.29) is 19.7 Å². The van der Waals surface area contributed by atoms with Gasteiger partial charge >= 0.3 is 14.0 Å². The number of benzene rings is 6. The van der Waals surface area contributed by atoms with Crippen molar-refractivity contribution < 1.29 is 24.0 Å². The van der Waals surface area contributed by atoms with Crippen molar-refractivity contribution in [1.82, 2.24) is 0 Å². The Morgan fingerprint density at radius 2 is 1.22 bits per heavy atom. The summed E-state index contributed by atoms with van der Waals surface area (Å²) in [6.45, 7) is 9.73. The van der Waals surface area contributed by atoms with E-state index in [2.05, 4.69) is 104 Å². The largest absolute Gasteiger partial charge is 0.493 e. The molecule has 2 heterocycles. The topological polar surface area (TPSA) is 102 Å². The number of anilines is 3. The van der Waals surface area contributed by atoms with Gasteiger partial charge in [-0.1, -0.05) is 139 Å². The first kappa shape index (κ1) is 43.1. The van der Waals surface area contributed by atoms with E-state index in [1.807, 2.05) is 48.5 Å². The lowest BCUT2D eigenvalue weighted by Gasteiger charge is -2.31. The van der Waals surface area contributed by atoms with Crippen molar-refractivity contribution in [3.8, 4) is 11.5 Å². The van der Waals surface area contributed by atoms with Gasteiger partial charge in [-0.2, -0.15) is 4.89 Å². The van der Waals surface area contributed by atoms with Crippen LogP contribution in [0.5, 0.6) is 11.5 Å². The SMILES string of the molecule is CCCCC(CC)COc1ccc(B2N=c3/c(=C4/C(=O)C(c5ccc6cccc7c6c5NB(c5ccc(OCC(CC)CCCC)cc5)N7)=C4OOC)ccc4cccc(c34)N2)cc1. The van der Waals surface area contributed by atoms with Crippen LogP contribution in [0.3, 0.4) is 0 Å². The van der Waals surface area contributed by atoms with Crippen LogP contribution >= 0.6 is 0 Å². The molecule has 0 aromatic heterocycles. The molecule has 11 heteroatoms. The third-order valence-corrected chi connectivity index (χ3v) is 13.3. The summed E-state index contributed by atoms with van der Waals surface area (Å²) in [6.07, 6.45) is 9.42. The Morgan fingerprint density at radius 1 is 0.625 bits per heavy atom. The first-order chi connectivity index (χ1) is 31.4. The molecule has 9 nitrogen and oxygen atoms in total. The van der Waals surface area contributed by atoms with E-state index in [0.29, 0.717) is 40.6 Å². The second kappa shape index (κ2) is 19.3. The van der Waals surface area contributed by atoms with Crippen LogP contribution in [0.2, 0.25) is 0 Å². The molecule has 2 unspecified atom stereocenters. The molecule has 0 bridgehead atoms. The molecule has 9 rings (SSSR count). The molecule has 1 aliphatic carbocycles. The van der Waals surface area contributed by atoms with Crippen LogP contribution in [-0.2, 0) is 14.6 Å². The van der Waals surface area contributed by atoms with Crippen molar-refractivity contribution in [2.75, 3.05) is 36.0 Å². The molecule has 2 atom stereocenters. The van der Waals surface area contributed by atoms with E-state index in [0.717, 1.165) is 91.4 Å². The monoisotopic (exact) mass is 852 g/mol. The Labute approximate surface area is 377 Å². The van der Waals surface area contributed by atoms with Gasteiger partial charge in [-0.05, 0) is 82.8 Å². The summed E-state index contributed by atoms with van der Waals surface area (Å²) < 4.78 is 12.5. The number of hydrogen-bond acceptors (Lipinski definition) is 9. The summed E-state index contributed by atoms with van der Waals surface area (Å²) in [5.74, 6) is 3.07. The molecule has 2 aliphatic heterocycles. The maximum absolute atomic E-state index is 14.9. The first-order valence-corrected chi connectivity index (χ1v) is 23.4. The minimum atomic E-state index is -0.385. The summed E-state index contributed by atoms with van der Waals surface area (Å²) in [4.78, 5) is 31.6. The highest BCUT2D eigenvalue weighted by atomic mass is 17.2. The van der Waals surface area contributed by atoms with Crippen molar-refractivity contribution in [3.63, 3.8) is 0 Å². The van der Waals surface area contributed by atoms with Crippen LogP contribution in [0, 0.1) is 11.8 Å². The van der Waals surface area contributed by atoms with Crippen molar-refractivity contribution in [2.24, 2.45) is 16.7 Å². The highest BCUT2D eigenvalue weighted by Crippen LogP contribution is 2.46. The summed E-state index contributed by atoms with van der Waals surface area (Å²) in [5.41, 5.74) is 6.46. The molecule has 0 amide bonds. The molecule has 3 N–H and O–H groups in total. The number of carbonyl (C=O) groups is 1. The standard InChI is InChI=1S/C53H58B2N4O5/c1-6-10-14-34(8-3)32-62-40-26-22-38(23-27-40)54-56-44-18-12-16-36-20-30-42(50(58-54)46(36)44)48-52(60)49(53(48)64-61-5)43-31-21-37-17-13-19-45-47(37)51(43)59-55(57-45)39-24-28-41(29-25-39)63-33-35(9-4)15-11-7-2/h12-13,16-31,34-35,56-58H,6-11,14-15,32-33H2,1-5H3/b49-43-. The molecule has 0 radical (unpaired) electrons. The highest BCUT2D eigenvalue weighted by Gasteiger charge is 2.41. The van der Waals surface area contributed by atoms with Crippen molar-refractivity contribution >= 4 is 80.4 Å². The van der Waals surface area contributed by atoms with Gasteiger partial charge in [-0.15, -0.1) is 0 Å². The third-order valence-electron chi connectivity index (χ3n) is 13.3. The van der Waals surface area contributed by atoms with E-state index < -0.39 is 0 Å². The Bertz CT molecular complexity index is 2830. The smallest absolute Gasteiger partial charge is 0.427 e. The molecule has 326 valence electrons. The number of ether oxygens (including phenoxy) is 2. The zero-order chi connectivity index (χ0) is 44.2. The maximum Gasteiger partial charge on any atom is 0.427 e. The minimum Gasteiger partial charge on any atom is -0.493 e. The average molecular weight is 853 g/mol. The number of unbranched alkanes of at least 4 members (excludes halogenated alkanes) is 2. The Morgan fingerprint density at radius 3 is 1.83 bits per heavy atom. The number of nitrogens with one attached hydrogen (secondary N) is 3. The third kappa shape index (κ3) is 8.46. The van der Waals surface area contributed by atoms with Crippen LogP contribution in [-0.4, -0.2) is 40.1 Å². The predicted molar refractivity (Wildman–Crippen MR) is 264 cm³/mol. The molecule has 0 saturated carbocycles. The molecular weight excluding hydrogens is 794 g/mol. The van der Waals surface area contributed by atoms with Gasteiger partial charge in [0.25, 0.3) is 0 Å². The van der Waals surface area contributed by atoms with E-state index in [1.54, 1.807) is 0 Å². The van der Waals surface area contributed by atoms with Gasteiger partial charge in [0.15, 0.2) is 5.76 Å². The first-order valence-electron chi connectivity index (χ1n) is 23.4. The molecule has 0 saturated heterocycles. The lowest BCUT2D eigenvalue weighted by molar-refractivity contribution is -0.232. The molecule has 3 aliphatic rings. The molecular formula is C53H58B2N4O5. The normalized spacial score (nSPS) is 15.8. The van der Waals surface area contributed by atoms with Crippen LogP contribution < -0.4 is 46.7 Å². The lowest BCUT2D eigenvalue weighted by Crippen LogP contribution is -2.48. The second-order valence-electron chi connectivity index (χ2n) is 17.4. The van der Waals surface area contributed by atoms with Crippen LogP contribution in [0.25, 0.3) is 32.7 Å². The fraction of sp³-hybridized carbons (Fsp3) is 0.321. The Hall–Kier alpha value is -6.19. The Kier molecular flexibility index (Phi) is 13.0. The van der Waals surface area contributed by atoms with Crippen molar-refractivity contribution in [2.45, 2.75) is 79.1 Å². The number of rotatable bonds is 19. The van der Waals surface area contributed by atoms with Crippen molar-refractivity contribution in [1.29, 1.82) is 0 Å². The number of ketones is 1. The van der Waals surface area contributed by atoms with Crippen LogP contribution in [0.15, 0.2) is 120 Å². The average Bonchev–Trinajstić information content (AvgIpc) is 3.33. The molecule has 0 fully saturated rings. The summed E-state index contributed by atoms with van der Waals surface area (Å²) in [5, 5.41) is 16.6. The number of nitrogens with zero attached hydrogens (tertiary/aromatic N) is 1. The molecule has 0 spiro atoms. The number of Topliss-reactive ketones (excluding diaryl/α,β-unsaturated/α-hetero) is 1. The van der Waals surface area contributed by atoms with Gasteiger partial charge in [0.05, 0.1) is 36.8 Å². The number of allylic oxidation sites excluding steroid dienone is 2. The van der Waals surface area contributed by atoms with Gasteiger partial charge in [0.1, 0.15) is 11.5 Å². The lowest BCUT2D eigenvalue weighted by atomic mass is 9.65. The second-order valence-corrected chi connectivity index (χ2v) is 17.4. The maximum atomic E-state index is 14.9. The minimum absolute atomic E-state index is 0.132. The van der Waals surface area contributed by atoms with Crippen LogP contribution in [0.1, 0.15) is 84.6 Å². The number of carbonyl (C=O) groups excluding carboxylic acids is 1. The van der Waals surface area contributed by atoms with E-state index in [1.165, 1.54) is 45.6 Å². The van der Waals surface area contributed by atoms with E-state index in [4.69, 9.17) is 24.2 Å². The summed E-state index contributed by atoms with van der Waals surface area (Å²) in [6, 6.07) is 37.0. The Balaban J connectivity index is 1.07. The zero-order valence-corrected chi connectivity index (χ0v) is 37.8. The fourth-order valence-corrected chi connectivity index (χ4v) is 9.42. The van der Waals surface area contributed by atoms with Gasteiger partial charge < -0.3 is 34.9 Å². The predicted octanol–water partition coefficient (Wildman–Crippen LogP) is 9.58. The molecule has 6 aromatic rings. The van der Waals surface area contributed by atoms with E-state index in [9.17, 15) is 4.79 Å². The van der Waals surface area contributed by atoms with Gasteiger partial charge in [0.2, 0.25) is 5.78 Å². The fourth-order valence-electron chi connectivity index (χ4n) is 9.42. The van der Waals surface area contributed by atoms with Gasteiger partial charge in [-0.25, -0.2) is 0 Å². The number of hydrogen-bond donors (Lipinski definition) is 3. The summed E-state index contributed by atoms with van der Waals surface area (Å²) >= 11 is 0. The van der Waals surface area contributed by atoms with E-state index >= 15 is 0 Å². The highest BCUT2D eigenvalue weighted by molar-refractivity contribution is 6.80. The molecule has 64 heavy (non-hydrogen) atoms. The quantitative estimate of drug-likeness (QED) is 0.0421. The van der Waals surface area contributed by atoms with Gasteiger partial charge in [-0.3, -0.25) is 4.79 Å². The van der Waals surface area contributed by atoms with Gasteiger partial charge in [0, 0.05) is 38.6 Å². The van der Waals surface area contributed by atoms with Crippen LogP contribution in [0.4, 0.5) is 17.1 Å². The summed E-state index contributed by atoms with van der Waals surface area (Å²) in [7, 11) is 1.47. The molecule has 6 aromatic carbocycles. The van der Waals surface area contributed by atoms with Crippen molar-refractivity contribution in [3.05, 3.63) is 131 Å². The zero-order valence-electron chi connectivity index (χ0n) is 37.8.